The van der Waals surface area contributed by atoms with Gasteiger partial charge in [0, 0.05) is 23.9 Å². The minimum Gasteiger partial charge on any atom is -0.497 e. The number of hydrogen-bond donors (Lipinski definition) is 1. The third kappa shape index (κ3) is 4.10. The van der Waals surface area contributed by atoms with Gasteiger partial charge >= 0.3 is 0 Å². The van der Waals surface area contributed by atoms with Crippen molar-refractivity contribution in [1.82, 2.24) is 15.1 Å². The number of para-hydroxylation sites is 1. The number of benzene rings is 2. The molecule has 6 heteroatoms. The van der Waals surface area contributed by atoms with Crippen LogP contribution in [0.3, 0.4) is 0 Å². The van der Waals surface area contributed by atoms with Crippen molar-refractivity contribution in [3.8, 4) is 28.8 Å². The molecule has 2 aromatic carbocycles. The van der Waals surface area contributed by atoms with E-state index in [9.17, 15) is 10.1 Å². The molecule has 6 nitrogen and oxygen atoms in total. The maximum absolute atomic E-state index is 12.2. The Morgan fingerprint density at radius 2 is 2.04 bits per heavy atom. The van der Waals surface area contributed by atoms with E-state index < -0.39 is 5.91 Å². The Kier molecular flexibility index (Phi) is 5.87. The van der Waals surface area contributed by atoms with Gasteiger partial charge in [0.05, 0.1) is 12.8 Å². The van der Waals surface area contributed by atoms with Crippen molar-refractivity contribution in [2.75, 3.05) is 13.7 Å². The number of nitrogens with zero attached hydrogens (tertiary/aromatic N) is 3. The molecule has 0 fully saturated rings. The van der Waals surface area contributed by atoms with E-state index >= 15 is 0 Å². The third-order valence-electron chi connectivity index (χ3n) is 4.11. The van der Waals surface area contributed by atoms with Crippen LogP contribution in [0, 0.1) is 11.3 Å². The molecule has 3 rings (SSSR count). The third-order valence-corrected chi connectivity index (χ3v) is 4.11. The maximum atomic E-state index is 12.2. The summed E-state index contributed by atoms with van der Waals surface area (Å²) in [5.41, 5.74) is 3.05. The van der Waals surface area contributed by atoms with E-state index in [0.717, 1.165) is 11.3 Å². The number of likely N-dealkylation sites (N-methyl/N-ethyl adjacent to an activating group) is 1. The molecule has 1 N–H and O–H groups in total. The number of nitrogens with one attached hydrogen (secondary N) is 1. The van der Waals surface area contributed by atoms with Gasteiger partial charge in [-0.25, -0.2) is 4.68 Å². The molecule has 0 saturated carbocycles. The molecule has 0 aliphatic carbocycles. The average Bonchev–Trinajstić information content (AvgIpc) is 3.16. The van der Waals surface area contributed by atoms with Gasteiger partial charge in [-0.3, -0.25) is 4.79 Å². The summed E-state index contributed by atoms with van der Waals surface area (Å²) in [5.74, 6) is 0.292. The summed E-state index contributed by atoms with van der Waals surface area (Å²) in [5, 5.41) is 16.8. The lowest BCUT2D eigenvalue weighted by Gasteiger charge is -2.04. The van der Waals surface area contributed by atoms with Crippen LogP contribution < -0.4 is 10.1 Å². The Morgan fingerprint density at radius 1 is 1.25 bits per heavy atom. The molecule has 0 radical (unpaired) electrons. The van der Waals surface area contributed by atoms with E-state index in [2.05, 4.69) is 5.32 Å². The molecule has 28 heavy (non-hydrogen) atoms. The summed E-state index contributed by atoms with van der Waals surface area (Å²) >= 11 is 0. The van der Waals surface area contributed by atoms with Gasteiger partial charge in [-0.1, -0.05) is 30.3 Å². The average molecular weight is 372 g/mol. The number of rotatable bonds is 6. The zero-order valence-electron chi connectivity index (χ0n) is 15.7. The molecule has 3 aromatic rings. The Morgan fingerprint density at radius 3 is 2.71 bits per heavy atom. The number of carbonyl (C=O) groups is 1. The first-order chi connectivity index (χ1) is 13.7. The molecule has 1 aromatic heterocycles. The minimum atomic E-state index is -0.408. The summed E-state index contributed by atoms with van der Waals surface area (Å²) in [6, 6.07) is 19.1. The number of amides is 1. The first-order valence-electron chi connectivity index (χ1n) is 8.85. The Labute approximate surface area is 163 Å². The largest absolute Gasteiger partial charge is 0.497 e. The number of aromatic nitrogens is 2. The fourth-order valence-electron chi connectivity index (χ4n) is 2.76. The van der Waals surface area contributed by atoms with Crippen molar-refractivity contribution in [3.63, 3.8) is 0 Å². The molecule has 1 amide bonds. The van der Waals surface area contributed by atoms with Crippen LogP contribution in [0.5, 0.6) is 5.75 Å². The summed E-state index contributed by atoms with van der Waals surface area (Å²) in [6.07, 6.45) is 3.37. The second-order valence-electron chi connectivity index (χ2n) is 5.97. The zero-order valence-corrected chi connectivity index (χ0v) is 15.7. The molecular formula is C22H20N4O2. The summed E-state index contributed by atoms with van der Waals surface area (Å²) in [4.78, 5) is 12.2. The number of ether oxygens (including phenoxy) is 1. The number of nitriles is 1. The lowest BCUT2D eigenvalue weighted by molar-refractivity contribution is -0.116. The number of hydrogen-bond acceptors (Lipinski definition) is 4. The van der Waals surface area contributed by atoms with Crippen LogP contribution >= 0.6 is 0 Å². The molecule has 0 aliphatic heterocycles. The minimum absolute atomic E-state index is 0.0265. The van der Waals surface area contributed by atoms with Gasteiger partial charge in [-0.2, -0.15) is 10.4 Å². The van der Waals surface area contributed by atoms with Crippen LogP contribution in [0.15, 0.2) is 66.4 Å². The predicted molar refractivity (Wildman–Crippen MR) is 108 cm³/mol. The second-order valence-corrected chi connectivity index (χ2v) is 5.97. The van der Waals surface area contributed by atoms with Gasteiger partial charge < -0.3 is 10.1 Å². The quantitative estimate of drug-likeness (QED) is 0.530. The van der Waals surface area contributed by atoms with Gasteiger partial charge in [0.25, 0.3) is 5.91 Å². The van der Waals surface area contributed by atoms with E-state index in [1.54, 1.807) is 24.1 Å². The van der Waals surface area contributed by atoms with Crippen molar-refractivity contribution < 1.29 is 9.53 Å². The van der Waals surface area contributed by atoms with Crippen LogP contribution in [0.2, 0.25) is 0 Å². The van der Waals surface area contributed by atoms with Crippen molar-refractivity contribution in [2.24, 2.45) is 0 Å². The summed E-state index contributed by atoms with van der Waals surface area (Å²) < 4.78 is 7.04. The van der Waals surface area contributed by atoms with Crippen LogP contribution in [-0.4, -0.2) is 29.3 Å². The van der Waals surface area contributed by atoms with Gasteiger partial charge in [0.15, 0.2) is 0 Å². The topological polar surface area (TPSA) is 79.9 Å². The van der Waals surface area contributed by atoms with Crippen molar-refractivity contribution >= 4 is 12.0 Å². The molecule has 0 unspecified atom stereocenters. The van der Waals surface area contributed by atoms with E-state index in [-0.39, 0.29) is 5.57 Å². The first kappa shape index (κ1) is 18.9. The SMILES string of the molecule is CCNC(=O)/C(C#N)=C\c1cn(-c2ccccc2)nc1-c1cccc(OC)c1. The Hall–Kier alpha value is -3.85. The highest BCUT2D eigenvalue weighted by atomic mass is 16.5. The highest BCUT2D eigenvalue weighted by Gasteiger charge is 2.15. The van der Waals surface area contributed by atoms with E-state index in [1.165, 1.54) is 0 Å². The fourth-order valence-corrected chi connectivity index (χ4v) is 2.76. The van der Waals surface area contributed by atoms with Crippen molar-refractivity contribution in [3.05, 3.63) is 71.9 Å². The van der Waals surface area contributed by atoms with Gasteiger partial charge in [-0.15, -0.1) is 0 Å². The Bertz CT molecular complexity index is 1050. The molecule has 140 valence electrons. The number of methoxy groups -OCH3 is 1. The molecule has 0 bridgehead atoms. The predicted octanol–water partition coefficient (Wildman–Crippen LogP) is 3.59. The number of carbonyl (C=O) groups excluding carboxylic acids is 1. The van der Waals surface area contributed by atoms with Crippen LogP contribution in [0.1, 0.15) is 12.5 Å². The van der Waals surface area contributed by atoms with Gasteiger partial charge in [0.2, 0.25) is 0 Å². The lowest BCUT2D eigenvalue weighted by Crippen LogP contribution is -2.23. The molecule has 0 aliphatic rings. The smallest absolute Gasteiger partial charge is 0.261 e. The van der Waals surface area contributed by atoms with Crippen molar-refractivity contribution in [2.45, 2.75) is 6.92 Å². The second kappa shape index (κ2) is 8.69. The molecule has 0 atom stereocenters. The van der Waals surface area contributed by atoms with Crippen LogP contribution in [-0.2, 0) is 4.79 Å². The maximum Gasteiger partial charge on any atom is 0.261 e. The molecule has 0 spiro atoms. The highest BCUT2D eigenvalue weighted by molar-refractivity contribution is 6.02. The Balaban J connectivity index is 2.15. The molecular weight excluding hydrogens is 352 g/mol. The van der Waals surface area contributed by atoms with E-state index in [1.807, 2.05) is 67.6 Å². The van der Waals surface area contributed by atoms with Crippen LogP contribution in [0.25, 0.3) is 23.0 Å². The highest BCUT2D eigenvalue weighted by Crippen LogP contribution is 2.28. The van der Waals surface area contributed by atoms with E-state index in [4.69, 9.17) is 9.84 Å². The summed E-state index contributed by atoms with van der Waals surface area (Å²) in [6.45, 7) is 2.26. The van der Waals surface area contributed by atoms with Crippen molar-refractivity contribution in [1.29, 1.82) is 5.26 Å². The molecule has 0 saturated heterocycles. The first-order valence-corrected chi connectivity index (χ1v) is 8.85. The normalized spacial score (nSPS) is 11.0. The fraction of sp³-hybridized carbons (Fsp3) is 0.136. The zero-order chi connectivity index (χ0) is 19.9. The lowest BCUT2D eigenvalue weighted by atomic mass is 10.1. The van der Waals surface area contributed by atoms with E-state index in [0.29, 0.717) is 23.6 Å². The van der Waals surface area contributed by atoms with Gasteiger partial charge in [0.1, 0.15) is 23.1 Å². The monoisotopic (exact) mass is 372 g/mol. The standard InChI is InChI=1S/C22H20N4O2/c1-3-24-22(27)17(14-23)12-18-15-26(19-9-5-4-6-10-19)25-21(18)16-8-7-11-20(13-16)28-2/h4-13,15H,3H2,1-2H3,(H,24,27)/b17-12-. The van der Waals surface area contributed by atoms with Crippen LogP contribution in [0.4, 0.5) is 0 Å². The molecule has 1 heterocycles. The van der Waals surface area contributed by atoms with Gasteiger partial charge in [-0.05, 0) is 37.3 Å². The summed E-state index contributed by atoms with van der Waals surface area (Å²) in [7, 11) is 1.60.